The number of aromatic amines is 1. The van der Waals surface area contributed by atoms with Crippen LogP contribution in [-0.4, -0.2) is 19.7 Å². The fraction of sp³-hybridized carbons (Fsp3) is 0.167. The number of anilines is 1. The van der Waals surface area contributed by atoms with Crippen LogP contribution in [0.5, 0.6) is 0 Å². The van der Waals surface area contributed by atoms with Crippen LogP contribution in [0.4, 0.5) is 5.69 Å². The molecular formula is C12H13N5. The van der Waals surface area contributed by atoms with E-state index in [0.29, 0.717) is 0 Å². The summed E-state index contributed by atoms with van der Waals surface area (Å²) in [6.45, 7) is 2.04. The largest absolute Gasteiger partial charge is 0.398 e. The lowest BCUT2D eigenvalue weighted by atomic mass is 10.1. The van der Waals surface area contributed by atoms with E-state index in [9.17, 15) is 0 Å². The number of hydrogen-bond acceptors (Lipinski definition) is 3. The second-order valence-electron chi connectivity index (χ2n) is 4.15. The van der Waals surface area contributed by atoms with Crippen molar-refractivity contribution in [2.45, 2.75) is 6.92 Å². The van der Waals surface area contributed by atoms with Crippen molar-refractivity contribution in [3.05, 3.63) is 30.2 Å². The van der Waals surface area contributed by atoms with E-state index in [-0.39, 0.29) is 0 Å². The van der Waals surface area contributed by atoms with Gasteiger partial charge < -0.3 is 10.7 Å². The van der Waals surface area contributed by atoms with Crippen LogP contribution in [0.25, 0.3) is 22.3 Å². The third-order valence-electron chi connectivity index (χ3n) is 2.97. The first-order chi connectivity index (χ1) is 8.16. The van der Waals surface area contributed by atoms with Crippen molar-refractivity contribution in [1.82, 2.24) is 19.7 Å². The van der Waals surface area contributed by atoms with Gasteiger partial charge in [-0.05, 0) is 18.6 Å². The molecule has 0 saturated heterocycles. The fourth-order valence-corrected chi connectivity index (χ4v) is 2.14. The summed E-state index contributed by atoms with van der Waals surface area (Å²) in [6.07, 6.45) is 5.50. The zero-order valence-electron chi connectivity index (χ0n) is 9.73. The Bertz CT molecular complexity index is 692. The summed E-state index contributed by atoms with van der Waals surface area (Å²) in [5, 5.41) is 5.16. The predicted octanol–water partition coefficient (Wildman–Crippen LogP) is 1.85. The van der Waals surface area contributed by atoms with Crippen molar-refractivity contribution < 1.29 is 0 Å². The van der Waals surface area contributed by atoms with Gasteiger partial charge in [-0.3, -0.25) is 4.68 Å². The number of nitrogen functional groups attached to an aromatic ring is 1. The molecule has 0 aliphatic carbocycles. The SMILES string of the molecule is Cc1c(-c2cnn(C)c2)[nH]c2nccc(N)c12. The molecule has 0 bridgehead atoms. The molecule has 3 aromatic rings. The summed E-state index contributed by atoms with van der Waals surface area (Å²) in [5.74, 6) is 0. The molecular weight excluding hydrogens is 214 g/mol. The molecule has 0 amide bonds. The molecule has 0 saturated carbocycles. The maximum atomic E-state index is 5.97. The van der Waals surface area contributed by atoms with E-state index in [2.05, 4.69) is 15.1 Å². The van der Waals surface area contributed by atoms with Crippen LogP contribution in [0.2, 0.25) is 0 Å². The molecule has 3 rings (SSSR count). The quantitative estimate of drug-likeness (QED) is 0.666. The number of pyridine rings is 1. The summed E-state index contributed by atoms with van der Waals surface area (Å²) in [7, 11) is 1.90. The van der Waals surface area contributed by atoms with E-state index in [1.54, 1.807) is 10.9 Å². The first kappa shape index (κ1) is 9.89. The van der Waals surface area contributed by atoms with Gasteiger partial charge in [0.25, 0.3) is 0 Å². The van der Waals surface area contributed by atoms with Crippen molar-refractivity contribution in [3.63, 3.8) is 0 Å². The molecule has 3 aromatic heterocycles. The third kappa shape index (κ3) is 1.39. The number of nitrogens with zero attached hydrogens (tertiary/aromatic N) is 3. The van der Waals surface area contributed by atoms with E-state index < -0.39 is 0 Å². The van der Waals surface area contributed by atoms with E-state index in [1.807, 2.05) is 32.4 Å². The fourth-order valence-electron chi connectivity index (χ4n) is 2.14. The van der Waals surface area contributed by atoms with E-state index in [0.717, 1.165) is 33.5 Å². The van der Waals surface area contributed by atoms with Crippen LogP contribution >= 0.6 is 0 Å². The van der Waals surface area contributed by atoms with Gasteiger partial charge in [0, 0.05) is 36.1 Å². The van der Waals surface area contributed by atoms with Crippen LogP contribution < -0.4 is 5.73 Å². The lowest BCUT2D eigenvalue weighted by molar-refractivity contribution is 0.768. The molecule has 0 radical (unpaired) electrons. The maximum absolute atomic E-state index is 5.97. The van der Waals surface area contributed by atoms with Crippen molar-refractivity contribution in [2.24, 2.45) is 7.05 Å². The number of fused-ring (bicyclic) bond motifs is 1. The smallest absolute Gasteiger partial charge is 0.140 e. The van der Waals surface area contributed by atoms with Gasteiger partial charge in [0.2, 0.25) is 0 Å². The standard InChI is InChI=1S/C12H13N5/c1-7-10-9(13)3-4-14-12(10)16-11(7)8-5-15-17(2)6-8/h3-6H,1-2H3,(H3,13,14,16). The van der Waals surface area contributed by atoms with Crippen LogP contribution in [0.1, 0.15) is 5.56 Å². The Labute approximate surface area is 98.3 Å². The number of aromatic nitrogens is 4. The summed E-state index contributed by atoms with van der Waals surface area (Å²) < 4.78 is 1.77. The van der Waals surface area contributed by atoms with Crippen LogP contribution in [0, 0.1) is 6.92 Å². The zero-order chi connectivity index (χ0) is 12.0. The lowest BCUT2D eigenvalue weighted by Crippen LogP contribution is -1.87. The average molecular weight is 227 g/mol. The summed E-state index contributed by atoms with van der Waals surface area (Å²) in [4.78, 5) is 7.58. The molecule has 5 heteroatoms. The number of aryl methyl sites for hydroxylation is 2. The Morgan fingerprint density at radius 1 is 1.41 bits per heavy atom. The highest BCUT2D eigenvalue weighted by Crippen LogP contribution is 2.31. The highest BCUT2D eigenvalue weighted by atomic mass is 15.2. The van der Waals surface area contributed by atoms with Crippen molar-refractivity contribution in [3.8, 4) is 11.3 Å². The first-order valence-electron chi connectivity index (χ1n) is 5.38. The molecule has 0 aromatic carbocycles. The van der Waals surface area contributed by atoms with Gasteiger partial charge in [-0.15, -0.1) is 0 Å². The Hall–Kier alpha value is -2.30. The van der Waals surface area contributed by atoms with E-state index >= 15 is 0 Å². The Morgan fingerprint density at radius 2 is 2.24 bits per heavy atom. The molecule has 3 heterocycles. The lowest BCUT2D eigenvalue weighted by Gasteiger charge is -1.96. The van der Waals surface area contributed by atoms with E-state index in [1.165, 1.54) is 0 Å². The van der Waals surface area contributed by atoms with Gasteiger partial charge in [-0.1, -0.05) is 0 Å². The summed E-state index contributed by atoms with van der Waals surface area (Å²) >= 11 is 0. The predicted molar refractivity (Wildman–Crippen MR) is 67.4 cm³/mol. The van der Waals surface area contributed by atoms with Gasteiger partial charge in [0.05, 0.1) is 11.9 Å². The van der Waals surface area contributed by atoms with Gasteiger partial charge in [0.15, 0.2) is 0 Å². The molecule has 5 nitrogen and oxygen atoms in total. The number of nitrogens with two attached hydrogens (primary N) is 1. The van der Waals surface area contributed by atoms with Crippen molar-refractivity contribution in [1.29, 1.82) is 0 Å². The van der Waals surface area contributed by atoms with Gasteiger partial charge in [-0.25, -0.2) is 4.98 Å². The molecule has 86 valence electrons. The minimum atomic E-state index is 0.749. The van der Waals surface area contributed by atoms with Gasteiger partial charge in [0.1, 0.15) is 5.65 Å². The Balaban J connectivity index is 2.32. The number of H-pyrrole nitrogens is 1. The second-order valence-corrected chi connectivity index (χ2v) is 4.15. The minimum absolute atomic E-state index is 0.749. The normalized spacial score (nSPS) is 11.2. The molecule has 17 heavy (non-hydrogen) atoms. The molecule has 0 spiro atoms. The topological polar surface area (TPSA) is 72.5 Å². The molecule has 0 aliphatic heterocycles. The molecule has 0 fully saturated rings. The van der Waals surface area contributed by atoms with Crippen molar-refractivity contribution >= 4 is 16.7 Å². The van der Waals surface area contributed by atoms with Gasteiger partial charge >= 0.3 is 0 Å². The zero-order valence-corrected chi connectivity index (χ0v) is 9.73. The number of rotatable bonds is 1. The van der Waals surface area contributed by atoms with Crippen LogP contribution in [-0.2, 0) is 7.05 Å². The summed E-state index contributed by atoms with van der Waals surface area (Å²) in [6, 6.07) is 1.82. The molecule has 0 atom stereocenters. The Morgan fingerprint density at radius 3 is 2.88 bits per heavy atom. The summed E-state index contributed by atoms with van der Waals surface area (Å²) in [5.41, 5.74) is 10.7. The monoisotopic (exact) mass is 227 g/mol. The first-order valence-corrected chi connectivity index (χ1v) is 5.38. The maximum Gasteiger partial charge on any atom is 0.140 e. The minimum Gasteiger partial charge on any atom is -0.398 e. The van der Waals surface area contributed by atoms with Crippen LogP contribution in [0.15, 0.2) is 24.7 Å². The second kappa shape index (κ2) is 3.35. The number of nitrogens with one attached hydrogen (secondary N) is 1. The highest BCUT2D eigenvalue weighted by Gasteiger charge is 2.13. The highest BCUT2D eigenvalue weighted by molar-refractivity contribution is 5.96. The molecule has 0 unspecified atom stereocenters. The third-order valence-corrected chi connectivity index (χ3v) is 2.97. The van der Waals surface area contributed by atoms with Gasteiger partial charge in [-0.2, -0.15) is 5.10 Å². The van der Waals surface area contributed by atoms with Crippen LogP contribution in [0.3, 0.4) is 0 Å². The molecule has 3 N–H and O–H groups in total. The Kier molecular flexibility index (Phi) is 1.95. The van der Waals surface area contributed by atoms with E-state index in [4.69, 9.17) is 5.73 Å². The van der Waals surface area contributed by atoms with Crippen molar-refractivity contribution in [2.75, 3.05) is 5.73 Å². The average Bonchev–Trinajstić information content (AvgIpc) is 2.84. The molecule has 0 aliphatic rings. The number of hydrogen-bond donors (Lipinski definition) is 2.